The normalized spacial score (nSPS) is 14.7. The summed E-state index contributed by atoms with van der Waals surface area (Å²) in [5.74, 6) is 1.57. The highest BCUT2D eigenvalue weighted by atomic mass is 16.5. The number of hydrogen-bond acceptors (Lipinski definition) is 5. The Hall–Kier alpha value is -2.24. The van der Waals surface area contributed by atoms with Crippen LogP contribution in [0.2, 0.25) is 0 Å². The zero-order chi connectivity index (χ0) is 17.7. The summed E-state index contributed by atoms with van der Waals surface area (Å²) in [6.45, 7) is 2.00. The standard InChI is InChI=1S/C19H25NO4/c1-12(10-13-4-9-16(23-2)17(11-13)24-3)18(20)19(22)14-5-7-15(21)8-6-14/h4-9,11-12,18-19,21-22H,10,20H2,1-3H3. The zero-order valence-corrected chi connectivity index (χ0v) is 14.3. The second-order valence-electron chi connectivity index (χ2n) is 5.98. The van der Waals surface area contributed by atoms with Gasteiger partial charge in [-0.2, -0.15) is 0 Å². The molecule has 0 amide bonds. The monoisotopic (exact) mass is 331 g/mol. The second-order valence-corrected chi connectivity index (χ2v) is 5.98. The molecule has 0 aliphatic heterocycles. The van der Waals surface area contributed by atoms with Gasteiger partial charge in [0.25, 0.3) is 0 Å². The number of hydrogen-bond donors (Lipinski definition) is 3. The largest absolute Gasteiger partial charge is 0.508 e. The average molecular weight is 331 g/mol. The van der Waals surface area contributed by atoms with Crippen molar-refractivity contribution in [3.05, 3.63) is 53.6 Å². The molecular formula is C19H25NO4. The number of benzene rings is 2. The summed E-state index contributed by atoms with van der Waals surface area (Å²) in [4.78, 5) is 0. The molecule has 0 saturated carbocycles. The van der Waals surface area contributed by atoms with E-state index in [-0.39, 0.29) is 11.7 Å². The van der Waals surface area contributed by atoms with Crippen LogP contribution in [0.4, 0.5) is 0 Å². The predicted octanol–water partition coefficient (Wildman–Crippen LogP) is 2.65. The summed E-state index contributed by atoms with van der Waals surface area (Å²) in [6.07, 6.45) is -0.0860. The Balaban J connectivity index is 2.08. The maximum Gasteiger partial charge on any atom is 0.160 e. The molecule has 2 aromatic carbocycles. The lowest BCUT2D eigenvalue weighted by Gasteiger charge is -2.25. The average Bonchev–Trinajstić information content (AvgIpc) is 2.60. The van der Waals surface area contributed by atoms with Gasteiger partial charge in [0, 0.05) is 6.04 Å². The van der Waals surface area contributed by atoms with Crippen LogP contribution in [-0.4, -0.2) is 30.5 Å². The fourth-order valence-electron chi connectivity index (χ4n) is 2.72. The van der Waals surface area contributed by atoms with Gasteiger partial charge in [0.2, 0.25) is 0 Å². The summed E-state index contributed by atoms with van der Waals surface area (Å²) in [5.41, 5.74) is 7.99. The van der Waals surface area contributed by atoms with Gasteiger partial charge in [-0.15, -0.1) is 0 Å². The molecule has 0 aliphatic rings. The minimum atomic E-state index is -0.791. The Morgan fingerprint density at radius 3 is 2.21 bits per heavy atom. The van der Waals surface area contributed by atoms with Crippen molar-refractivity contribution in [1.29, 1.82) is 0 Å². The number of aliphatic hydroxyl groups excluding tert-OH is 1. The fraction of sp³-hybridized carbons (Fsp3) is 0.368. The molecule has 2 rings (SSSR count). The third-order valence-corrected chi connectivity index (χ3v) is 4.26. The van der Waals surface area contributed by atoms with Gasteiger partial charge in [0.1, 0.15) is 5.75 Å². The Morgan fingerprint density at radius 1 is 1.00 bits per heavy atom. The van der Waals surface area contributed by atoms with Crippen LogP contribution < -0.4 is 15.2 Å². The highest BCUT2D eigenvalue weighted by Crippen LogP contribution is 2.30. The van der Waals surface area contributed by atoms with Crippen LogP contribution in [0, 0.1) is 5.92 Å². The molecule has 0 aromatic heterocycles. The summed E-state index contributed by atoms with van der Waals surface area (Å²) in [7, 11) is 3.20. The maximum atomic E-state index is 10.5. The number of ether oxygens (including phenoxy) is 2. The molecule has 24 heavy (non-hydrogen) atoms. The van der Waals surface area contributed by atoms with Crippen LogP contribution in [-0.2, 0) is 6.42 Å². The predicted molar refractivity (Wildman–Crippen MR) is 93.5 cm³/mol. The molecule has 5 nitrogen and oxygen atoms in total. The highest BCUT2D eigenvalue weighted by Gasteiger charge is 2.23. The second kappa shape index (κ2) is 8.04. The van der Waals surface area contributed by atoms with Crippen LogP contribution in [0.1, 0.15) is 24.2 Å². The Kier molecular flexibility index (Phi) is 6.06. The van der Waals surface area contributed by atoms with Gasteiger partial charge in [-0.1, -0.05) is 25.1 Å². The summed E-state index contributed by atoms with van der Waals surface area (Å²) >= 11 is 0. The zero-order valence-electron chi connectivity index (χ0n) is 14.3. The van der Waals surface area contributed by atoms with Gasteiger partial charge in [-0.05, 0) is 47.7 Å². The summed E-state index contributed by atoms with van der Waals surface area (Å²) in [5, 5.41) is 19.8. The lowest BCUT2D eigenvalue weighted by molar-refractivity contribution is 0.121. The van der Waals surface area contributed by atoms with Gasteiger partial charge in [-0.3, -0.25) is 0 Å². The molecule has 0 aliphatic carbocycles. The van der Waals surface area contributed by atoms with E-state index in [1.54, 1.807) is 38.5 Å². The molecule has 4 N–H and O–H groups in total. The number of aliphatic hydroxyl groups is 1. The number of aromatic hydroxyl groups is 1. The number of rotatable bonds is 7. The lowest BCUT2D eigenvalue weighted by Crippen LogP contribution is -2.36. The number of phenolic OH excluding ortho intramolecular Hbond substituents is 1. The number of nitrogens with two attached hydrogens (primary N) is 1. The van der Waals surface area contributed by atoms with E-state index < -0.39 is 12.1 Å². The third-order valence-electron chi connectivity index (χ3n) is 4.26. The van der Waals surface area contributed by atoms with Crippen LogP contribution in [0.3, 0.4) is 0 Å². The molecule has 3 atom stereocenters. The molecule has 0 fully saturated rings. The molecule has 2 aromatic rings. The van der Waals surface area contributed by atoms with E-state index >= 15 is 0 Å². The van der Waals surface area contributed by atoms with Crippen molar-refractivity contribution in [2.24, 2.45) is 11.7 Å². The van der Waals surface area contributed by atoms with Crippen molar-refractivity contribution in [3.63, 3.8) is 0 Å². The molecule has 0 saturated heterocycles. The number of methoxy groups -OCH3 is 2. The van der Waals surface area contributed by atoms with E-state index in [1.165, 1.54) is 0 Å². The van der Waals surface area contributed by atoms with E-state index in [9.17, 15) is 10.2 Å². The maximum absolute atomic E-state index is 10.5. The SMILES string of the molecule is COc1ccc(CC(C)C(N)C(O)c2ccc(O)cc2)cc1OC. The van der Waals surface area contributed by atoms with E-state index in [0.717, 1.165) is 5.56 Å². The van der Waals surface area contributed by atoms with Crippen molar-refractivity contribution < 1.29 is 19.7 Å². The smallest absolute Gasteiger partial charge is 0.160 e. The van der Waals surface area contributed by atoms with Crippen LogP contribution >= 0.6 is 0 Å². The van der Waals surface area contributed by atoms with Crippen molar-refractivity contribution in [1.82, 2.24) is 0 Å². The summed E-state index contributed by atoms with van der Waals surface area (Å²) in [6, 6.07) is 11.8. The molecule has 130 valence electrons. The van der Waals surface area contributed by atoms with Gasteiger partial charge in [-0.25, -0.2) is 0 Å². The first-order valence-corrected chi connectivity index (χ1v) is 7.89. The number of phenols is 1. The van der Waals surface area contributed by atoms with Gasteiger partial charge >= 0.3 is 0 Å². The van der Waals surface area contributed by atoms with Crippen molar-refractivity contribution in [2.75, 3.05) is 14.2 Å². The van der Waals surface area contributed by atoms with E-state index in [0.29, 0.717) is 23.5 Å². The van der Waals surface area contributed by atoms with E-state index in [1.807, 2.05) is 25.1 Å². The molecule has 5 heteroatoms. The fourth-order valence-corrected chi connectivity index (χ4v) is 2.72. The van der Waals surface area contributed by atoms with Crippen LogP contribution in [0.15, 0.2) is 42.5 Å². The molecule has 0 radical (unpaired) electrons. The molecule has 3 unspecified atom stereocenters. The third kappa shape index (κ3) is 4.19. The molecule has 0 heterocycles. The first-order chi connectivity index (χ1) is 11.5. The van der Waals surface area contributed by atoms with Crippen molar-refractivity contribution in [3.8, 4) is 17.2 Å². The first-order valence-electron chi connectivity index (χ1n) is 7.89. The molecule has 0 spiro atoms. The highest BCUT2D eigenvalue weighted by molar-refractivity contribution is 5.43. The molecular weight excluding hydrogens is 306 g/mol. The Bertz CT molecular complexity index is 657. The lowest BCUT2D eigenvalue weighted by atomic mass is 9.88. The quantitative estimate of drug-likeness (QED) is 0.726. The van der Waals surface area contributed by atoms with Crippen LogP contribution in [0.5, 0.6) is 17.2 Å². The summed E-state index contributed by atoms with van der Waals surface area (Å²) < 4.78 is 10.6. The Labute approximate surface area is 142 Å². The van der Waals surface area contributed by atoms with Crippen molar-refractivity contribution >= 4 is 0 Å². The van der Waals surface area contributed by atoms with E-state index in [4.69, 9.17) is 15.2 Å². The minimum absolute atomic E-state index is 0.0481. The van der Waals surface area contributed by atoms with Gasteiger partial charge < -0.3 is 25.4 Å². The Morgan fingerprint density at radius 2 is 1.62 bits per heavy atom. The topological polar surface area (TPSA) is 84.9 Å². The van der Waals surface area contributed by atoms with E-state index in [2.05, 4.69) is 0 Å². The van der Waals surface area contributed by atoms with Crippen LogP contribution in [0.25, 0.3) is 0 Å². The van der Waals surface area contributed by atoms with Crippen molar-refractivity contribution in [2.45, 2.75) is 25.5 Å². The van der Waals surface area contributed by atoms with Gasteiger partial charge in [0.15, 0.2) is 11.5 Å². The van der Waals surface area contributed by atoms with Gasteiger partial charge in [0.05, 0.1) is 20.3 Å². The first kappa shape index (κ1) is 18.1. The molecule has 0 bridgehead atoms. The minimum Gasteiger partial charge on any atom is -0.508 e.